The maximum atomic E-state index is 11.5. The SMILES string of the molecule is CC(C)(C)OC(=O)c1ccc(O)cc1.O=C(O)c1ccc(O)cc1. The molecule has 0 saturated carbocycles. The molecule has 128 valence electrons. The Balaban J connectivity index is 0.000000254. The Labute approximate surface area is 140 Å². The van der Waals surface area contributed by atoms with E-state index in [1.165, 1.54) is 48.5 Å². The summed E-state index contributed by atoms with van der Waals surface area (Å²) in [7, 11) is 0. The number of esters is 1. The third-order valence-electron chi connectivity index (χ3n) is 2.62. The van der Waals surface area contributed by atoms with E-state index in [-0.39, 0.29) is 23.0 Å². The molecule has 0 bridgehead atoms. The van der Waals surface area contributed by atoms with E-state index in [2.05, 4.69) is 0 Å². The first-order valence-electron chi connectivity index (χ1n) is 7.13. The molecule has 0 aliphatic rings. The van der Waals surface area contributed by atoms with Crippen LogP contribution in [0, 0.1) is 0 Å². The van der Waals surface area contributed by atoms with Gasteiger partial charge in [-0.2, -0.15) is 0 Å². The van der Waals surface area contributed by atoms with Gasteiger partial charge in [-0.1, -0.05) is 0 Å². The Morgan fingerprint density at radius 1 is 0.792 bits per heavy atom. The maximum Gasteiger partial charge on any atom is 0.338 e. The minimum atomic E-state index is -0.986. The van der Waals surface area contributed by atoms with Crippen molar-refractivity contribution in [2.24, 2.45) is 0 Å². The molecule has 3 N–H and O–H groups in total. The van der Waals surface area contributed by atoms with Gasteiger partial charge in [-0.05, 0) is 69.3 Å². The van der Waals surface area contributed by atoms with E-state index in [1.54, 1.807) is 0 Å². The summed E-state index contributed by atoms with van der Waals surface area (Å²) >= 11 is 0. The summed E-state index contributed by atoms with van der Waals surface area (Å²) in [5, 5.41) is 26.2. The van der Waals surface area contributed by atoms with E-state index in [0.717, 1.165) is 0 Å². The standard InChI is InChI=1S/C11H14O3.C7H6O3/c1-11(2,3)14-10(13)8-4-6-9(12)7-5-8;8-6-3-1-5(2-4-6)7(9)10/h4-7,12H,1-3H3;1-4,8H,(H,9,10). The second kappa shape index (κ2) is 8.01. The van der Waals surface area contributed by atoms with E-state index in [9.17, 15) is 9.59 Å². The van der Waals surface area contributed by atoms with Crippen LogP contribution in [0.15, 0.2) is 48.5 Å². The van der Waals surface area contributed by atoms with Gasteiger partial charge < -0.3 is 20.1 Å². The smallest absolute Gasteiger partial charge is 0.338 e. The van der Waals surface area contributed by atoms with Gasteiger partial charge in [0, 0.05) is 0 Å². The van der Waals surface area contributed by atoms with Crippen molar-refractivity contribution in [2.45, 2.75) is 26.4 Å². The first-order chi connectivity index (χ1) is 11.1. The van der Waals surface area contributed by atoms with Crippen LogP contribution >= 0.6 is 0 Å². The summed E-state index contributed by atoms with van der Waals surface area (Å²) in [6.07, 6.45) is 0. The number of hydrogen-bond donors (Lipinski definition) is 3. The van der Waals surface area contributed by atoms with Crippen molar-refractivity contribution in [2.75, 3.05) is 0 Å². The number of phenolic OH excluding ortho intramolecular Hbond substituents is 2. The zero-order chi connectivity index (χ0) is 18.3. The van der Waals surface area contributed by atoms with E-state index >= 15 is 0 Å². The number of aromatic hydroxyl groups is 2. The molecule has 6 heteroatoms. The van der Waals surface area contributed by atoms with Crippen molar-refractivity contribution in [3.05, 3.63) is 59.7 Å². The zero-order valence-corrected chi connectivity index (χ0v) is 13.7. The van der Waals surface area contributed by atoms with Gasteiger partial charge in [0.15, 0.2) is 0 Å². The minimum Gasteiger partial charge on any atom is -0.508 e. The molecule has 0 fully saturated rings. The van der Waals surface area contributed by atoms with Crippen LogP contribution in [0.2, 0.25) is 0 Å². The number of carboxylic acids is 1. The van der Waals surface area contributed by atoms with Crippen LogP contribution in [0.1, 0.15) is 41.5 Å². The van der Waals surface area contributed by atoms with Crippen LogP contribution in [0.25, 0.3) is 0 Å². The third-order valence-corrected chi connectivity index (χ3v) is 2.62. The molecule has 0 saturated heterocycles. The lowest BCUT2D eigenvalue weighted by Gasteiger charge is -2.19. The number of carbonyl (C=O) groups is 2. The molecular weight excluding hydrogens is 312 g/mol. The molecule has 2 aromatic rings. The second-order valence-corrected chi connectivity index (χ2v) is 5.90. The van der Waals surface area contributed by atoms with Crippen LogP contribution in [0.5, 0.6) is 11.5 Å². The van der Waals surface area contributed by atoms with Crippen molar-refractivity contribution < 1.29 is 29.6 Å². The molecule has 0 unspecified atom stereocenters. The Kier molecular flexibility index (Phi) is 6.35. The number of phenols is 2. The van der Waals surface area contributed by atoms with Crippen LogP contribution in [0.4, 0.5) is 0 Å². The van der Waals surface area contributed by atoms with Gasteiger partial charge in [0.25, 0.3) is 0 Å². The fraction of sp³-hybridized carbons (Fsp3) is 0.222. The topological polar surface area (TPSA) is 104 Å². The fourth-order valence-electron chi connectivity index (χ4n) is 1.54. The highest BCUT2D eigenvalue weighted by Crippen LogP contribution is 2.14. The molecule has 2 aromatic carbocycles. The number of benzene rings is 2. The first kappa shape index (κ1) is 19.0. The van der Waals surface area contributed by atoms with E-state index in [0.29, 0.717) is 5.56 Å². The molecule has 0 atom stereocenters. The van der Waals surface area contributed by atoms with Crippen molar-refractivity contribution in [3.8, 4) is 11.5 Å². The highest BCUT2D eigenvalue weighted by molar-refractivity contribution is 5.89. The Morgan fingerprint density at radius 2 is 1.17 bits per heavy atom. The first-order valence-corrected chi connectivity index (χ1v) is 7.13. The highest BCUT2D eigenvalue weighted by Gasteiger charge is 2.17. The predicted molar refractivity (Wildman–Crippen MR) is 88.3 cm³/mol. The Morgan fingerprint density at radius 3 is 1.50 bits per heavy atom. The number of carbonyl (C=O) groups excluding carboxylic acids is 1. The number of rotatable bonds is 2. The number of carboxylic acid groups (broad SMARTS) is 1. The van der Waals surface area contributed by atoms with Crippen LogP contribution in [-0.2, 0) is 4.74 Å². The van der Waals surface area contributed by atoms with Gasteiger partial charge in [0.05, 0.1) is 11.1 Å². The molecule has 6 nitrogen and oxygen atoms in total. The van der Waals surface area contributed by atoms with Gasteiger partial charge in [0.1, 0.15) is 17.1 Å². The zero-order valence-electron chi connectivity index (χ0n) is 13.7. The Bertz CT molecular complexity index is 681. The summed E-state index contributed by atoms with van der Waals surface area (Å²) in [4.78, 5) is 21.7. The largest absolute Gasteiger partial charge is 0.508 e. The molecule has 0 radical (unpaired) electrons. The molecule has 0 aliphatic heterocycles. The van der Waals surface area contributed by atoms with Crippen molar-refractivity contribution >= 4 is 11.9 Å². The predicted octanol–water partition coefficient (Wildman–Crippen LogP) is 3.44. The third kappa shape index (κ3) is 6.83. The highest BCUT2D eigenvalue weighted by atomic mass is 16.6. The fourth-order valence-corrected chi connectivity index (χ4v) is 1.54. The summed E-state index contributed by atoms with van der Waals surface area (Å²) in [6, 6.07) is 11.3. The second-order valence-electron chi connectivity index (χ2n) is 5.90. The lowest BCUT2D eigenvalue weighted by atomic mass is 10.1. The number of hydrogen-bond acceptors (Lipinski definition) is 5. The molecule has 0 amide bonds. The van der Waals surface area contributed by atoms with Gasteiger partial charge >= 0.3 is 11.9 Å². The quantitative estimate of drug-likeness (QED) is 0.728. The average Bonchev–Trinajstić information content (AvgIpc) is 2.47. The molecule has 2 rings (SSSR count). The molecule has 0 aliphatic carbocycles. The van der Waals surface area contributed by atoms with Gasteiger partial charge in [-0.3, -0.25) is 0 Å². The lowest BCUT2D eigenvalue weighted by molar-refractivity contribution is 0.00693. The average molecular weight is 332 g/mol. The summed E-state index contributed by atoms with van der Waals surface area (Å²) in [5.74, 6) is -1.15. The van der Waals surface area contributed by atoms with Crippen LogP contribution in [-0.4, -0.2) is 32.9 Å². The number of ether oxygens (including phenoxy) is 1. The van der Waals surface area contributed by atoms with Crippen molar-refractivity contribution in [1.29, 1.82) is 0 Å². The number of aromatic carboxylic acids is 1. The van der Waals surface area contributed by atoms with Gasteiger partial charge in [-0.25, -0.2) is 9.59 Å². The molecule has 24 heavy (non-hydrogen) atoms. The van der Waals surface area contributed by atoms with Gasteiger partial charge in [0.2, 0.25) is 0 Å². The summed E-state index contributed by atoms with van der Waals surface area (Å²) in [6.45, 7) is 5.43. The monoisotopic (exact) mass is 332 g/mol. The van der Waals surface area contributed by atoms with E-state index < -0.39 is 11.6 Å². The minimum absolute atomic E-state index is 0.0741. The molecular formula is C18H20O6. The summed E-state index contributed by atoms with van der Waals surface area (Å²) in [5.41, 5.74) is 0.130. The van der Waals surface area contributed by atoms with E-state index in [1.807, 2.05) is 20.8 Å². The normalized spacial score (nSPS) is 10.3. The maximum absolute atomic E-state index is 11.5. The van der Waals surface area contributed by atoms with Crippen molar-refractivity contribution in [3.63, 3.8) is 0 Å². The van der Waals surface area contributed by atoms with Crippen LogP contribution < -0.4 is 0 Å². The van der Waals surface area contributed by atoms with Crippen molar-refractivity contribution in [1.82, 2.24) is 0 Å². The molecule has 0 spiro atoms. The molecule has 0 aromatic heterocycles. The summed E-state index contributed by atoms with van der Waals surface area (Å²) < 4.78 is 5.14. The Hall–Kier alpha value is -3.02. The lowest BCUT2D eigenvalue weighted by Crippen LogP contribution is -2.23. The van der Waals surface area contributed by atoms with Gasteiger partial charge in [-0.15, -0.1) is 0 Å². The molecule has 0 heterocycles. The van der Waals surface area contributed by atoms with Crippen LogP contribution in [0.3, 0.4) is 0 Å². The van der Waals surface area contributed by atoms with E-state index in [4.69, 9.17) is 20.1 Å².